The summed E-state index contributed by atoms with van der Waals surface area (Å²) in [6, 6.07) is 15.0. The monoisotopic (exact) mass is 279 g/mol. The summed E-state index contributed by atoms with van der Waals surface area (Å²) in [4.78, 5) is 16.1. The molecule has 4 nitrogen and oxygen atoms in total. The first-order valence-electron chi connectivity index (χ1n) is 6.97. The largest absolute Gasteiger partial charge is 0.436 e. The SMILES string of the molecule is O=C(Oc1ccc2nc(-c3ccccc3)oc2c1)C1CC1. The summed E-state index contributed by atoms with van der Waals surface area (Å²) < 4.78 is 11.1. The molecule has 3 aromatic rings. The third-order valence-electron chi connectivity index (χ3n) is 3.51. The number of hydrogen-bond donors (Lipinski definition) is 0. The Morgan fingerprint density at radius 1 is 1.14 bits per heavy atom. The van der Waals surface area contributed by atoms with E-state index in [1.807, 2.05) is 30.3 Å². The number of carbonyl (C=O) groups excluding carboxylic acids is 1. The number of fused-ring (bicyclic) bond motifs is 1. The number of nitrogens with zero attached hydrogens (tertiary/aromatic N) is 1. The Hall–Kier alpha value is -2.62. The van der Waals surface area contributed by atoms with Crippen molar-refractivity contribution in [3.05, 3.63) is 48.5 Å². The van der Waals surface area contributed by atoms with Crippen LogP contribution in [0.5, 0.6) is 5.75 Å². The number of aromatic nitrogens is 1. The molecule has 0 bridgehead atoms. The summed E-state index contributed by atoms with van der Waals surface area (Å²) >= 11 is 0. The Labute approximate surface area is 121 Å². The highest BCUT2D eigenvalue weighted by molar-refractivity contribution is 5.81. The predicted octanol–water partition coefficient (Wildman–Crippen LogP) is 3.81. The molecule has 0 spiro atoms. The average Bonchev–Trinajstić information content (AvgIpc) is 3.28. The number of esters is 1. The van der Waals surface area contributed by atoms with Gasteiger partial charge in [0.15, 0.2) is 5.58 Å². The smallest absolute Gasteiger partial charge is 0.314 e. The molecule has 21 heavy (non-hydrogen) atoms. The summed E-state index contributed by atoms with van der Waals surface area (Å²) in [6.45, 7) is 0. The molecule has 0 unspecified atom stereocenters. The second-order valence-electron chi connectivity index (χ2n) is 5.21. The molecule has 1 saturated carbocycles. The maximum absolute atomic E-state index is 11.7. The van der Waals surface area contributed by atoms with Crippen LogP contribution in [-0.2, 0) is 4.79 Å². The van der Waals surface area contributed by atoms with Crippen LogP contribution in [0.3, 0.4) is 0 Å². The van der Waals surface area contributed by atoms with Crippen LogP contribution < -0.4 is 4.74 Å². The Balaban J connectivity index is 1.66. The third-order valence-corrected chi connectivity index (χ3v) is 3.51. The van der Waals surface area contributed by atoms with E-state index in [1.165, 1.54) is 0 Å². The molecule has 0 atom stereocenters. The van der Waals surface area contributed by atoms with Crippen LogP contribution in [0.4, 0.5) is 0 Å². The first-order chi connectivity index (χ1) is 10.3. The van der Waals surface area contributed by atoms with Gasteiger partial charge >= 0.3 is 5.97 Å². The van der Waals surface area contributed by atoms with Gasteiger partial charge in [-0.3, -0.25) is 4.79 Å². The zero-order valence-corrected chi connectivity index (χ0v) is 11.3. The Morgan fingerprint density at radius 2 is 1.95 bits per heavy atom. The fourth-order valence-corrected chi connectivity index (χ4v) is 2.19. The van der Waals surface area contributed by atoms with Crippen LogP contribution in [0.15, 0.2) is 52.9 Å². The van der Waals surface area contributed by atoms with Gasteiger partial charge in [0, 0.05) is 11.6 Å². The van der Waals surface area contributed by atoms with Crippen molar-refractivity contribution in [2.75, 3.05) is 0 Å². The second kappa shape index (κ2) is 4.74. The Bertz CT molecular complexity index is 803. The number of carbonyl (C=O) groups is 1. The summed E-state index contributed by atoms with van der Waals surface area (Å²) in [5, 5.41) is 0. The standard InChI is InChI=1S/C17H13NO3/c19-17(12-6-7-12)20-13-8-9-14-15(10-13)21-16(18-14)11-4-2-1-3-5-11/h1-5,8-10,12H,6-7H2. The van der Waals surface area contributed by atoms with Gasteiger partial charge < -0.3 is 9.15 Å². The van der Waals surface area contributed by atoms with E-state index < -0.39 is 0 Å². The van der Waals surface area contributed by atoms with Crippen LogP contribution in [0, 0.1) is 5.92 Å². The summed E-state index contributed by atoms with van der Waals surface area (Å²) in [5.41, 5.74) is 2.29. The molecule has 0 radical (unpaired) electrons. The van der Waals surface area contributed by atoms with Crippen LogP contribution >= 0.6 is 0 Å². The van der Waals surface area contributed by atoms with Gasteiger partial charge in [-0.15, -0.1) is 0 Å². The summed E-state index contributed by atoms with van der Waals surface area (Å²) in [6.07, 6.45) is 1.86. The van der Waals surface area contributed by atoms with Gasteiger partial charge in [0.1, 0.15) is 11.3 Å². The molecule has 104 valence electrons. The molecule has 1 aliphatic rings. The second-order valence-corrected chi connectivity index (χ2v) is 5.21. The topological polar surface area (TPSA) is 52.3 Å². The van der Waals surface area contributed by atoms with Crippen molar-refractivity contribution < 1.29 is 13.9 Å². The van der Waals surface area contributed by atoms with E-state index in [-0.39, 0.29) is 11.9 Å². The molecule has 2 aromatic carbocycles. The van der Waals surface area contributed by atoms with Gasteiger partial charge in [-0.25, -0.2) is 4.98 Å². The van der Waals surface area contributed by atoms with Crippen LogP contribution in [0.25, 0.3) is 22.6 Å². The maximum Gasteiger partial charge on any atom is 0.314 e. The highest BCUT2D eigenvalue weighted by Gasteiger charge is 2.31. The van der Waals surface area contributed by atoms with Crippen molar-refractivity contribution in [3.63, 3.8) is 0 Å². The molecule has 0 amide bonds. The van der Waals surface area contributed by atoms with Gasteiger partial charge in [-0.05, 0) is 37.1 Å². The van der Waals surface area contributed by atoms with Gasteiger partial charge in [0.2, 0.25) is 5.89 Å². The Kier molecular flexibility index (Phi) is 2.74. The summed E-state index contributed by atoms with van der Waals surface area (Å²) in [5.74, 6) is 0.999. The van der Waals surface area contributed by atoms with E-state index in [2.05, 4.69) is 4.98 Å². The minimum absolute atomic E-state index is 0.0790. The zero-order chi connectivity index (χ0) is 14.2. The normalized spacial score (nSPS) is 14.3. The molecule has 1 fully saturated rings. The fourth-order valence-electron chi connectivity index (χ4n) is 2.19. The van der Waals surface area contributed by atoms with Crippen LogP contribution in [0.1, 0.15) is 12.8 Å². The quantitative estimate of drug-likeness (QED) is 0.540. The van der Waals surface area contributed by atoms with E-state index in [0.29, 0.717) is 17.2 Å². The lowest BCUT2D eigenvalue weighted by atomic mass is 10.2. The molecule has 1 aromatic heterocycles. The number of benzene rings is 2. The minimum Gasteiger partial charge on any atom is -0.436 e. The highest BCUT2D eigenvalue weighted by Crippen LogP contribution is 2.32. The minimum atomic E-state index is -0.155. The third kappa shape index (κ3) is 2.40. The van der Waals surface area contributed by atoms with E-state index in [9.17, 15) is 4.79 Å². The first kappa shape index (κ1) is 12.1. The highest BCUT2D eigenvalue weighted by atomic mass is 16.5. The van der Waals surface area contributed by atoms with Gasteiger partial charge in [-0.1, -0.05) is 18.2 Å². The maximum atomic E-state index is 11.7. The molecule has 0 saturated heterocycles. The summed E-state index contributed by atoms with van der Waals surface area (Å²) in [7, 11) is 0. The fraction of sp³-hybridized carbons (Fsp3) is 0.176. The van der Waals surface area contributed by atoms with Gasteiger partial charge in [0.05, 0.1) is 5.92 Å². The molecular formula is C17H13NO3. The van der Waals surface area contributed by atoms with E-state index in [1.54, 1.807) is 18.2 Å². The lowest BCUT2D eigenvalue weighted by Gasteiger charge is -2.01. The first-order valence-corrected chi connectivity index (χ1v) is 6.97. The molecule has 1 heterocycles. The number of oxazole rings is 1. The van der Waals surface area contributed by atoms with Crippen LogP contribution in [-0.4, -0.2) is 11.0 Å². The van der Waals surface area contributed by atoms with E-state index in [0.717, 1.165) is 23.9 Å². The molecule has 1 aliphatic carbocycles. The van der Waals surface area contributed by atoms with E-state index in [4.69, 9.17) is 9.15 Å². The number of hydrogen-bond acceptors (Lipinski definition) is 4. The van der Waals surface area contributed by atoms with Gasteiger partial charge in [0.25, 0.3) is 0 Å². The zero-order valence-electron chi connectivity index (χ0n) is 11.3. The lowest BCUT2D eigenvalue weighted by Crippen LogP contribution is -2.09. The van der Waals surface area contributed by atoms with Crippen molar-refractivity contribution in [3.8, 4) is 17.2 Å². The van der Waals surface area contributed by atoms with Crippen molar-refractivity contribution in [1.82, 2.24) is 4.98 Å². The van der Waals surface area contributed by atoms with Gasteiger partial charge in [-0.2, -0.15) is 0 Å². The van der Waals surface area contributed by atoms with Crippen molar-refractivity contribution in [2.24, 2.45) is 5.92 Å². The van der Waals surface area contributed by atoms with E-state index >= 15 is 0 Å². The Morgan fingerprint density at radius 3 is 2.71 bits per heavy atom. The predicted molar refractivity (Wildman–Crippen MR) is 77.8 cm³/mol. The lowest BCUT2D eigenvalue weighted by molar-refractivity contribution is -0.135. The van der Waals surface area contributed by atoms with Crippen molar-refractivity contribution >= 4 is 17.1 Å². The molecule has 4 rings (SSSR count). The molecule has 4 heteroatoms. The number of ether oxygens (including phenoxy) is 1. The van der Waals surface area contributed by atoms with Crippen molar-refractivity contribution in [2.45, 2.75) is 12.8 Å². The molecular weight excluding hydrogens is 266 g/mol. The molecule has 0 N–H and O–H groups in total. The average molecular weight is 279 g/mol. The molecule has 0 aliphatic heterocycles. The number of rotatable bonds is 3. The van der Waals surface area contributed by atoms with Crippen LogP contribution in [0.2, 0.25) is 0 Å². The van der Waals surface area contributed by atoms with Crippen molar-refractivity contribution in [1.29, 1.82) is 0 Å².